The van der Waals surface area contributed by atoms with Crippen LogP contribution in [0.15, 0.2) is 107 Å². The number of amides is 1. The smallest absolute Gasteiger partial charge is 0.385 e. The van der Waals surface area contributed by atoms with Crippen LogP contribution in [0.5, 0.6) is 0 Å². The zero-order valence-corrected chi connectivity index (χ0v) is 32.9. The van der Waals surface area contributed by atoms with Crippen LogP contribution >= 0.6 is 11.8 Å². The highest BCUT2D eigenvalue weighted by Crippen LogP contribution is 2.32. The first-order valence-electron chi connectivity index (χ1n) is 18.6. The fraction of sp³-hybridized carbons (Fsp3) is 0.364. The molecule has 0 unspecified atom stereocenters. The SMILES string of the molecule is CCCC(CCC)N(OCc1ccc(-c2ccc(C(F)(F)F)cc2)cc1)C(=O)Cn1c(SCc2cccc(C)c2F)cc(=O)c2ccccc21.CCCOC. The van der Waals surface area contributed by atoms with Crippen molar-refractivity contribution in [1.82, 2.24) is 9.63 Å². The van der Waals surface area contributed by atoms with Gasteiger partial charge in [0.2, 0.25) is 0 Å². The number of aryl methyl sites for hydroxylation is 1. The van der Waals surface area contributed by atoms with Gasteiger partial charge in [0.25, 0.3) is 5.91 Å². The molecule has 0 fully saturated rings. The minimum absolute atomic E-state index is 0.0993. The van der Waals surface area contributed by atoms with Gasteiger partial charge in [-0.3, -0.25) is 14.4 Å². The molecule has 4 aromatic carbocycles. The van der Waals surface area contributed by atoms with E-state index in [1.54, 1.807) is 50.4 Å². The van der Waals surface area contributed by atoms with Crippen LogP contribution in [0.4, 0.5) is 17.6 Å². The van der Waals surface area contributed by atoms with Crippen LogP contribution in [-0.2, 0) is 39.4 Å². The number of carbonyl (C=O) groups is 1. The fourth-order valence-corrected chi connectivity index (χ4v) is 7.22. The van der Waals surface area contributed by atoms with Crippen LogP contribution in [0.3, 0.4) is 0 Å². The second-order valence-electron chi connectivity index (χ2n) is 13.3. The summed E-state index contributed by atoms with van der Waals surface area (Å²) in [7, 11) is 1.71. The molecule has 0 saturated heterocycles. The van der Waals surface area contributed by atoms with E-state index in [-0.39, 0.29) is 42.1 Å². The van der Waals surface area contributed by atoms with E-state index in [9.17, 15) is 27.2 Å². The van der Waals surface area contributed by atoms with Crippen molar-refractivity contribution in [3.63, 3.8) is 0 Å². The maximum Gasteiger partial charge on any atom is 0.416 e. The Morgan fingerprint density at radius 2 is 1.49 bits per heavy atom. The van der Waals surface area contributed by atoms with Crippen LogP contribution in [0.2, 0.25) is 0 Å². The highest BCUT2D eigenvalue weighted by atomic mass is 32.2. The maximum absolute atomic E-state index is 14.9. The molecule has 0 saturated carbocycles. The minimum Gasteiger partial charge on any atom is -0.385 e. The van der Waals surface area contributed by atoms with Crippen LogP contribution in [0.1, 0.15) is 75.1 Å². The van der Waals surface area contributed by atoms with Gasteiger partial charge in [0.1, 0.15) is 19.0 Å². The van der Waals surface area contributed by atoms with Gasteiger partial charge in [0.15, 0.2) is 5.43 Å². The number of pyridine rings is 1. The molecule has 294 valence electrons. The first-order valence-corrected chi connectivity index (χ1v) is 19.6. The molecule has 5 rings (SSSR count). The van der Waals surface area contributed by atoms with Crippen LogP contribution in [0, 0.1) is 12.7 Å². The van der Waals surface area contributed by atoms with Crippen LogP contribution in [0.25, 0.3) is 22.0 Å². The number of hydrogen-bond acceptors (Lipinski definition) is 5. The number of halogens is 4. The first-order chi connectivity index (χ1) is 26.4. The summed E-state index contributed by atoms with van der Waals surface area (Å²) in [6, 6.07) is 26.0. The maximum atomic E-state index is 14.9. The Balaban J connectivity index is 0.00000126. The summed E-state index contributed by atoms with van der Waals surface area (Å²) < 4.78 is 60.4. The second-order valence-corrected chi connectivity index (χ2v) is 14.3. The Morgan fingerprint density at radius 1 is 0.855 bits per heavy atom. The number of ether oxygens (including phenoxy) is 1. The number of aromatic nitrogens is 1. The third-order valence-corrected chi connectivity index (χ3v) is 10.1. The lowest BCUT2D eigenvalue weighted by Gasteiger charge is -2.31. The van der Waals surface area contributed by atoms with Crippen molar-refractivity contribution in [2.75, 3.05) is 13.7 Å². The number of methoxy groups -OCH3 is 1. The van der Waals surface area contributed by atoms with Crippen molar-refractivity contribution in [2.45, 2.75) is 95.9 Å². The molecule has 5 aromatic rings. The molecule has 0 aliphatic heterocycles. The normalized spacial score (nSPS) is 11.5. The number of rotatable bonds is 16. The van der Waals surface area contributed by atoms with Crippen molar-refractivity contribution in [1.29, 1.82) is 0 Å². The molecule has 0 aliphatic carbocycles. The minimum atomic E-state index is -4.40. The molecular weight excluding hydrogens is 729 g/mol. The third-order valence-electron chi connectivity index (χ3n) is 9.02. The van der Waals surface area contributed by atoms with Gasteiger partial charge in [0, 0.05) is 30.9 Å². The molecule has 55 heavy (non-hydrogen) atoms. The van der Waals surface area contributed by atoms with E-state index in [1.807, 2.05) is 34.9 Å². The lowest BCUT2D eigenvalue weighted by atomic mass is 10.0. The zero-order chi connectivity index (χ0) is 40.0. The van der Waals surface area contributed by atoms with E-state index in [4.69, 9.17) is 9.57 Å². The molecule has 0 N–H and O–H groups in total. The predicted molar refractivity (Wildman–Crippen MR) is 213 cm³/mol. The quantitative estimate of drug-likeness (QED) is 0.0567. The predicted octanol–water partition coefficient (Wildman–Crippen LogP) is 11.4. The molecule has 0 radical (unpaired) electrons. The Bertz CT molecular complexity index is 2020. The molecule has 0 spiro atoms. The fourth-order valence-electron chi connectivity index (χ4n) is 6.18. The third kappa shape index (κ3) is 12.0. The average molecular weight is 779 g/mol. The number of carbonyl (C=O) groups excluding carboxylic acids is 1. The van der Waals surface area contributed by atoms with E-state index in [2.05, 4.69) is 20.8 Å². The zero-order valence-electron chi connectivity index (χ0n) is 32.1. The summed E-state index contributed by atoms with van der Waals surface area (Å²) in [5.74, 6) is -0.299. The van der Waals surface area contributed by atoms with E-state index in [1.165, 1.54) is 35.0 Å². The van der Waals surface area contributed by atoms with Crippen LogP contribution < -0.4 is 5.43 Å². The monoisotopic (exact) mass is 778 g/mol. The summed E-state index contributed by atoms with van der Waals surface area (Å²) in [5, 5.41) is 2.49. The highest BCUT2D eigenvalue weighted by Gasteiger charge is 2.30. The standard InChI is InChI=1S/C40H40F4N2O3S.C4H10O/c1-4-9-33(10-5-2)46(49-25-28-15-17-29(18-16-28)30-19-21-32(22-20-30)40(42,43)44)37(48)24-45-35-14-7-6-13-34(35)36(47)23-38(45)50-26-31-12-8-11-27(3)39(31)41;1-3-4-5-2/h6-8,11-23,33H,4-5,9-10,24-26H2,1-3H3;3-4H2,1-2H3. The number of fused-ring (bicyclic) bond motifs is 1. The van der Waals surface area contributed by atoms with Gasteiger partial charge in [-0.1, -0.05) is 100 Å². The number of alkyl halides is 3. The number of para-hydroxylation sites is 1. The van der Waals surface area contributed by atoms with Gasteiger partial charge in [-0.2, -0.15) is 13.2 Å². The number of thioether (sulfide) groups is 1. The van der Waals surface area contributed by atoms with Crippen molar-refractivity contribution in [2.24, 2.45) is 0 Å². The Morgan fingerprint density at radius 3 is 2.07 bits per heavy atom. The topological polar surface area (TPSA) is 60.8 Å². The Hall–Kier alpha value is -4.45. The average Bonchev–Trinajstić information content (AvgIpc) is 3.17. The van der Waals surface area contributed by atoms with Gasteiger partial charge in [0.05, 0.1) is 22.1 Å². The largest absolute Gasteiger partial charge is 0.416 e. The summed E-state index contributed by atoms with van der Waals surface area (Å²) in [4.78, 5) is 33.7. The van der Waals surface area contributed by atoms with Gasteiger partial charge in [-0.05, 0) is 78.3 Å². The summed E-state index contributed by atoms with van der Waals surface area (Å²) in [5.41, 5.74) is 2.96. The van der Waals surface area contributed by atoms with Crippen molar-refractivity contribution in [3.05, 3.63) is 135 Å². The van der Waals surface area contributed by atoms with E-state index in [0.717, 1.165) is 62.0 Å². The Labute approximate surface area is 325 Å². The number of nitrogens with zero attached hydrogens (tertiary/aromatic N) is 2. The van der Waals surface area contributed by atoms with Crippen molar-refractivity contribution in [3.8, 4) is 11.1 Å². The summed E-state index contributed by atoms with van der Waals surface area (Å²) in [6.07, 6.45) is -0.149. The molecule has 1 aromatic heterocycles. The van der Waals surface area contributed by atoms with Crippen molar-refractivity contribution < 1.29 is 31.9 Å². The number of benzene rings is 4. The molecule has 1 heterocycles. The van der Waals surface area contributed by atoms with E-state index < -0.39 is 11.7 Å². The molecule has 11 heteroatoms. The van der Waals surface area contributed by atoms with Gasteiger partial charge >= 0.3 is 6.18 Å². The molecule has 0 atom stereocenters. The number of hydrogen-bond donors (Lipinski definition) is 0. The molecule has 0 aliphatic rings. The second kappa shape index (κ2) is 21.0. The van der Waals surface area contributed by atoms with E-state index >= 15 is 0 Å². The van der Waals surface area contributed by atoms with Gasteiger partial charge < -0.3 is 9.30 Å². The summed E-state index contributed by atoms with van der Waals surface area (Å²) in [6.45, 7) is 8.79. The molecular formula is C44H50F4N2O4S. The Kier molecular flexibility index (Phi) is 16.5. The van der Waals surface area contributed by atoms with Gasteiger partial charge in [-0.25, -0.2) is 9.45 Å². The van der Waals surface area contributed by atoms with E-state index in [0.29, 0.717) is 32.6 Å². The molecule has 0 bridgehead atoms. The molecule has 1 amide bonds. The summed E-state index contributed by atoms with van der Waals surface area (Å²) >= 11 is 1.30. The first kappa shape index (κ1) is 43.3. The highest BCUT2D eigenvalue weighted by molar-refractivity contribution is 7.98. The molecule has 6 nitrogen and oxygen atoms in total. The van der Waals surface area contributed by atoms with Crippen molar-refractivity contribution >= 4 is 28.6 Å². The lowest BCUT2D eigenvalue weighted by molar-refractivity contribution is -0.208. The lowest BCUT2D eigenvalue weighted by Crippen LogP contribution is -2.42. The number of hydroxylamine groups is 2. The van der Waals surface area contributed by atoms with Crippen LogP contribution in [-0.4, -0.2) is 35.3 Å². The van der Waals surface area contributed by atoms with Gasteiger partial charge in [-0.15, -0.1) is 11.8 Å².